The number of carbonyl (C=O) groups excluding carboxylic acids is 1. The summed E-state index contributed by atoms with van der Waals surface area (Å²) in [6.45, 7) is 1.57. The van der Waals surface area contributed by atoms with Gasteiger partial charge < -0.3 is 25.8 Å². The lowest BCUT2D eigenvalue weighted by molar-refractivity contribution is -0.143. The Kier molecular flexibility index (Phi) is 8.23. The minimum Gasteiger partial charge on any atom is -0.494 e. The standard InChI is InChI=1S/C31H31FN4O6S/c1-3-43(40,41)26-7-5-4-6-22(26)28-23(31(38)39)13-15-36(28)30(37)27(19-8-11-24(32)25(17-19)42-2)35-20-9-10-21-18(16-20)12-14-34-29(21)33/h4-12,14,16-17,23,27-28,35H,3,13,15H2,1-2H3,(H2,33,34)(H,38,39)/t23-,27-,28-/m0/s1. The number of carboxylic acids is 1. The number of aromatic nitrogens is 1. The third-order valence-electron chi connectivity index (χ3n) is 7.81. The van der Waals surface area contributed by atoms with Gasteiger partial charge in [0.2, 0.25) is 5.91 Å². The molecule has 0 saturated carbocycles. The van der Waals surface area contributed by atoms with Crippen LogP contribution in [0.15, 0.2) is 77.8 Å². The van der Waals surface area contributed by atoms with Crippen molar-refractivity contribution in [3.05, 3.63) is 89.9 Å². The van der Waals surface area contributed by atoms with E-state index in [2.05, 4.69) is 10.3 Å². The summed E-state index contributed by atoms with van der Waals surface area (Å²) in [5, 5.41) is 14.8. The van der Waals surface area contributed by atoms with Crippen molar-refractivity contribution >= 4 is 44.0 Å². The van der Waals surface area contributed by atoms with Gasteiger partial charge in [-0.15, -0.1) is 0 Å². The molecule has 0 aliphatic carbocycles. The largest absolute Gasteiger partial charge is 0.494 e. The molecule has 1 saturated heterocycles. The van der Waals surface area contributed by atoms with E-state index in [1.165, 1.54) is 43.2 Å². The molecular weight excluding hydrogens is 575 g/mol. The quantitative estimate of drug-likeness (QED) is 0.248. The number of carbonyl (C=O) groups is 2. The van der Waals surface area contributed by atoms with Gasteiger partial charge in [0.25, 0.3) is 0 Å². The number of sulfone groups is 1. The molecule has 1 aliphatic rings. The zero-order valence-corrected chi connectivity index (χ0v) is 24.3. The molecule has 3 aromatic carbocycles. The van der Waals surface area contributed by atoms with E-state index in [9.17, 15) is 27.5 Å². The van der Waals surface area contributed by atoms with Gasteiger partial charge >= 0.3 is 5.97 Å². The van der Waals surface area contributed by atoms with Crippen LogP contribution in [0.2, 0.25) is 0 Å². The highest BCUT2D eigenvalue weighted by molar-refractivity contribution is 7.91. The summed E-state index contributed by atoms with van der Waals surface area (Å²) in [4.78, 5) is 32.4. The number of pyridine rings is 1. The van der Waals surface area contributed by atoms with Gasteiger partial charge in [-0.1, -0.05) is 31.2 Å². The Hall–Kier alpha value is -4.71. The minimum atomic E-state index is -3.74. The van der Waals surface area contributed by atoms with Gasteiger partial charge in [-0.2, -0.15) is 0 Å². The Balaban J connectivity index is 1.62. The first kappa shape index (κ1) is 29.8. The van der Waals surface area contributed by atoms with E-state index < -0.39 is 45.5 Å². The number of benzene rings is 3. The van der Waals surface area contributed by atoms with Crippen LogP contribution in [-0.2, 0) is 19.4 Å². The number of anilines is 2. The van der Waals surface area contributed by atoms with Crippen LogP contribution in [0, 0.1) is 11.7 Å². The van der Waals surface area contributed by atoms with Crippen molar-refractivity contribution in [2.45, 2.75) is 30.3 Å². The van der Waals surface area contributed by atoms with E-state index in [1.807, 2.05) is 0 Å². The van der Waals surface area contributed by atoms with E-state index in [4.69, 9.17) is 10.5 Å². The molecule has 43 heavy (non-hydrogen) atoms. The average molecular weight is 607 g/mol. The highest BCUT2D eigenvalue weighted by Crippen LogP contribution is 2.42. The van der Waals surface area contributed by atoms with Crippen molar-refractivity contribution in [2.75, 3.05) is 30.5 Å². The molecule has 3 atom stereocenters. The van der Waals surface area contributed by atoms with E-state index in [-0.39, 0.29) is 34.9 Å². The fourth-order valence-corrected chi connectivity index (χ4v) is 6.76. The molecule has 1 aromatic heterocycles. The number of ether oxygens (including phenoxy) is 1. The maximum atomic E-state index is 14.5. The maximum Gasteiger partial charge on any atom is 0.309 e. The number of carboxylic acid groups (broad SMARTS) is 1. The van der Waals surface area contributed by atoms with Crippen LogP contribution in [0.4, 0.5) is 15.9 Å². The van der Waals surface area contributed by atoms with Gasteiger partial charge in [0, 0.05) is 23.8 Å². The first-order chi connectivity index (χ1) is 20.6. The molecule has 1 amide bonds. The number of nitrogens with one attached hydrogen (secondary N) is 1. The predicted molar refractivity (Wildman–Crippen MR) is 160 cm³/mol. The lowest BCUT2D eigenvalue weighted by Crippen LogP contribution is -2.39. The summed E-state index contributed by atoms with van der Waals surface area (Å²) in [6.07, 6.45) is 1.69. The van der Waals surface area contributed by atoms with Gasteiger partial charge in [-0.25, -0.2) is 17.8 Å². The Bertz CT molecular complexity index is 1820. The molecule has 224 valence electrons. The van der Waals surface area contributed by atoms with Crippen molar-refractivity contribution in [1.82, 2.24) is 9.88 Å². The van der Waals surface area contributed by atoms with E-state index in [1.54, 1.807) is 48.7 Å². The van der Waals surface area contributed by atoms with Crippen LogP contribution in [0.5, 0.6) is 5.75 Å². The molecule has 1 fully saturated rings. The Morgan fingerprint density at radius 2 is 1.93 bits per heavy atom. The molecule has 10 nitrogen and oxygen atoms in total. The summed E-state index contributed by atoms with van der Waals surface area (Å²) in [6, 6.07) is 15.1. The number of amides is 1. The van der Waals surface area contributed by atoms with E-state index >= 15 is 0 Å². The topological polar surface area (TPSA) is 152 Å². The number of hydrogen-bond donors (Lipinski definition) is 3. The number of likely N-dealkylation sites (tertiary alicyclic amines) is 1. The monoisotopic (exact) mass is 606 g/mol. The van der Waals surface area contributed by atoms with E-state index in [0.717, 1.165) is 10.8 Å². The maximum absolute atomic E-state index is 14.5. The third kappa shape index (κ3) is 5.70. The van der Waals surface area contributed by atoms with Crippen molar-refractivity contribution < 1.29 is 32.2 Å². The summed E-state index contributed by atoms with van der Waals surface area (Å²) >= 11 is 0. The number of halogens is 1. The van der Waals surface area contributed by atoms with Crippen molar-refractivity contribution in [3.63, 3.8) is 0 Å². The Labute approximate surface area is 248 Å². The SMILES string of the molecule is CCS(=O)(=O)c1ccccc1[C@H]1[C@@H](C(=O)O)CCN1C(=O)[C@@H](Nc1ccc2c(N)nccc2c1)c1ccc(F)c(OC)c1. The third-order valence-corrected chi connectivity index (χ3v) is 9.61. The van der Waals surface area contributed by atoms with Crippen LogP contribution >= 0.6 is 0 Å². The number of nitrogen functional groups attached to an aromatic ring is 1. The lowest BCUT2D eigenvalue weighted by Gasteiger charge is -2.32. The molecule has 0 radical (unpaired) electrons. The first-order valence-corrected chi connectivity index (χ1v) is 15.3. The molecule has 0 unspecified atom stereocenters. The van der Waals surface area contributed by atoms with Gasteiger partial charge in [-0.3, -0.25) is 9.59 Å². The van der Waals surface area contributed by atoms with Gasteiger partial charge in [0.1, 0.15) is 11.9 Å². The van der Waals surface area contributed by atoms with Crippen LogP contribution in [-0.4, -0.2) is 54.7 Å². The van der Waals surface area contributed by atoms with Gasteiger partial charge in [0.05, 0.1) is 29.7 Å². The van der Waals surface area contributed by atoms with Gasteiger partial charge in [0.15, 0.2) is 21.4 Å². The van der Waals surface area contributed by atoms with E-state index in [0.29, 0.717) is 17.1 Å². The fraction of sp³-hybridized carbons (Fsp3) is 0.258. The van der Waals surface area contributed by atoms with Crippen molar-refractivity contribution in [2.24, 2.45) is 5.92 Å². The Morgan fingerprint density at radius 3 is 2.65 bits per heavy atom. The lowest BCUT2D eigenvalue weighted by atomic mass is 9.93. The molecule has 0 bridgehead atoms. The molecule has 2 heterocycles. The zero-order chi connectivity index (χ0) is 30.9. The summed E-state index contributed by atoms with van der Waals surface area (Å²) in [5.41, 5.74) is 7.15. The number of hydrogen-bond acceptors (Lipinski definition) is 8. The minimum absolute atomic E-state index is 0.0119. The second-order valence-electron chi connectivity index (χ2n) is 10.3. The van der Waals surface area contributed by atoms with Gasteiger partial charge in [-0.05, 0) is 65.4 Å². The molecule has 1 aliphatic heterocycles. The van der Waals surface area contributed by atoms with Crippen molar-refractivity contribution in [1.29, 1.82) is 0 Å². The smallest absolute Gasteiger partial charge is 0.309 e. The molecule has 4 aromatic rings. The summed E-state index contributed by atoms with van der Waals surface area (Å²) < 4.78 is 45.7. The van der Waals surface area contributed by atoms with Crippen LogP contribution < -0.4 is 15.8 Å². The fourth-order valence-electron chi connectivity index (χ4n) is 5.61. The molecule has 0 spiro atoms. The predicted octanol–water partition coefficient (Wildman–Crippen LogP) is 4.59. The van der Waals surface area contributed by atoms with Crippen LogP contribution in [0.25, 0.3) is 10.8 Å². The molecular formula is C31H31FN4O6S. The zero-order valence-electron chi connectivity index (χ0n) is 23.5. The number of nitrogens with zero attached hydrogens (tertiary/aromatic N) is 2. The summed E-state index contributed by atoms with van der Waals surface area (Å²) in [7, 11) is -2.43. The van der Waals surface area contributed by atoms with Crippen molar-refractivity contribution in [3.8, 4) is 5.75 Å². The number of rotatable bonds is 9. The Morgan fingerprint density at radius 1 is 1.16 bits per heavy atom. The molecule has 5 rings (SSSR count). The highest BCUT2D eigenvalue weighted by Gasteiger charge is 2.45. The summed E-state index contributed by atoms with van der Waals surface area (Å²) in [5.74, 6) is -3.23. The first-order valence-electron chi connectivity index (χ1n) is 13.6. The number of nitrogens with two attached hydrogens (primary N) is 1. The molecule has 4 N–H and O–H groups in total. The van der Waals surface area contributed by atoms with Crippen LogP contribution in [0.3, 0.4) is 0 Å². The second kappa shape index (κ2) is 11.9. The second-order valence-corrected chi connectivity index (χ2v) is 12.5. The highest BCUT2D eigenvalue weighted by atomic mass is 32.2. The number of methoxy groups -OCH3 is 1. The van der Waals surface area contributed by atoms with Crippen LogP contribution in [0.1, 0.15) is 36.6 Å². The number of aliphatic carboxylic acids is 1. The normalized spacial score (nSPS) is 17.5. The molecule has 12 heteroatoms. The number of fused-ring (bicyclic) bond motifs is 1. The average Bonchev–Trinajstić information content (AvgIpc) is 3.46.